The predicted molar refractivity (Wildman–Crippen MR) is 65.1 cm³/mol. The van der Waals surface area contributed by atoms with Gasteiger partial charge in [0.2, 0.25) is 0 Å². The minimum absolute atomic E-state index is 0.0642. The first-order valence-corrected chi connectivity index (χ1v) is 6.38. The van der Waals surface area contributed by atoms with Crippen molar-refractivity contribution in [3.05, 3.63) is 22.2 Å². The Hall–Kier alpha value is -0.710. The lowest BCUT2D eigenvalue weighted by Gasteiger charge is -2.20. The molecule has 0 amide bonds. The molecule has 1 aliphatic heterocycles. The van der Waals surface area contributed by atoms with Crippen molar-refractivity contribution in [2.24, 2.45) is 0 Å². The quantitative estimate of drug-likeness (QED) is 0.777. The topological polar surface area (TPSA) is 44.2 Å². The van der Waals surface area contributed by atoms with Gasteiger partial charge in [0, 0.05) is 18.6 Å². The Bertz CT molecular complexity index is 398. The molecule has 0 radical (unpaired) electrons. The maximum Gasteiger partial charge on any atom is 0.159 e. The summed E-state index contributed by atoms with van der Waals surface area (Å²) in [5, 5.41) is 0.503. The molecule has 17 heavy (non-hydrogen) atoms. The molecule has 1 atom stereocenters. The third-order valence-electron chi connectivity index (χ3n) is 2.82. The van der Waals surface area contributed by atoms with Crippen LogP contribution < -0.4 is 0 Å². The molecule has 0 N–H and O–H groups in total. The van der Waals surface area contributed by atoms with Crippen molar-refractivity contribution in [1.29, 1.82) is 0 Å². The smallest absolute Gasteiger partial charge is 0.159 e. The van der Waals surface area contributed by atoms with Crippen molar-refractivity contribution in [3.63, 3.8) is 0 Å². The molecule has 0 spiro atoms. The van der Waals surface area contributed by atoms with E-state index < -0.39 is 0 Å². The van der Waals surface area contributed by atoms with Crippen LogP contribution in [-0.4, -0.2) is 23.2 Å². The molecule has 4 nitrogen and oxygen atoms in total. The van der Waals surface area contributed by atoms with E-state index in [1.54, 1.807) is 0 Å². The van der Waals surface area contributed by atoms with Crippen LogP contribution in [-0.2, 0) is 22.5 Å². The van der Waals surface area contributed by atoms with Crippen LogP contribution >= 0.6 is 11.6 Å². The molecule has 1 aromatic rings. The van der Waals surface area contributed by atoms with Gasteiger partial charge in [-0.2, -0.15) is 0 Å². The van der Waals surface area contributed by atoms with E-state index in [0.717, 1.165) is 24.1 Å². The molecule has 94 valence electrons. The van der Waals surface area contributed by atoms with Gasteiger partial charge in [-0.25, -0.2) is 9.97 Å². The maximum absolute atomic E-state index is 6.16. The van der Waals surface area contributed by atoms with E-state index in [1.165, 1.54) is 0 Å². The summed E-state index contributed by atoms with van der Waals surface area (Å²) in [5.74, 6) is 0.694. The number of hydrogen-bond donors (Lipinski definition) is 0. The van der Waals surface area contributed by atoms with Crippen LogP contribution in [0.1, 0.15) is 43.5 Å². The van der Waals surface area contributed by atoms with Crippen molar-refractivity contribution in [1.82, 2.24) is 9.97 Å². The summed E-state index contributed by atoms with van der Waals surface area (Å²) in [4.78, 5) is 8.89. The number of aromatic nitrogens is 2. The van der Waals surface area contributed by atoms with E-state index in [4.69, 9.17) is 21.1 Å². The van der Waals surface area contributed by atoms with E-state index >= 15 is 0 Å². The molecule has 1 unspecified atom stereocenters. The summed E-state index contributed by atoms with van der Waals surface area (Å²) < 4.78 is 11.0. The van der Waals surface area contributed by atoms with Gasteiger partial charge in [0.25, 0.3) is 0 Å². The Morgan fingerprint density at radius 3 is 2.94 bits per heavy atom. The summed E-state index contributed by atoms with van der Waals surface area (Å²) in [6.45, 7) is 5.89. The Morgan fingerprint density at radius 2 is 2.24 bits per heavy atom. The molecule has 0 bridgehead atoms. The average molecular weight is 257 g/mol. The highest BCUT2D eigenvalue weighted by Crippen LogP contribution is 2.26. The minimum atomic E-state index is -0.0642. The monoisotopic (exact) mass is 256 g/mol. The number of rotatable bonds is 4. The lowest BCUT2D eigenvalue weighted by atomic mass is 10.1. The van der Waals surface area contributed by atoms with Crippen LogP contribution in [0.2, 0.25) is 5.15 Å². The van der Waals surface area contributed by atoms with E-state index in [1.807, 2.05) is 6.92 Å². The van der Waals surface area contributed by atoms with Gasteiger partial charge in [0.15, 0.2) is 5.82 Å². The Kier molecular flexibility index (Phi) is 4.31. The Morgan fingerprint density at radius 1 is 1.41 bits per heavy atom. The molecule has 1 aromatic heterocycles. The summed E-state index contributed by atoms with van der Waals surface area (Å²) in [6.07, 6.45) is 1.58. The number of ether oxygens (including phenoxy) is 2. The molecule has 2 heterocycles. The zero-order valence-electron chi connectivity index (χ0n) is 10.2. The van der Waals surface area contributed by atoms with Gasteiger partial charge < -0.3 is 9.47 Å². The summed E-state index contributed by atoms with van der Waals surface area (Å²) >= 11 is 6.16. The molecule has 2 rings (SSSR count). The van der Waals surface area contributed by atoms with E-state index in [2.05, 4.69) is 16.9 Å². The molecule has 0 saturated heterocycles. The summed E-state index contributed by atoms with van der Waals surface area (Å²) in [7, 11) is 0. The van der Waals surface area contributed by atoms with Crippen molar-refractivity contribution in [2.75, 3.05) is 13.2 Å². The minimum Gasteiger partial charge on any atom is -0.376 e. The zero-order valence-corrected chi connectivity index (χ0v) is 11.0. The van der Waals surface area contributed by atoms with Gasteiger partial charge in [-0.1, -0.05) is 18.5 Å². The van der Waals surface area contributed by atoms with Gasteiger partial charge in [-0.05, 0) is 13.3 Å². The Balaban J connectivity index is 2.32. The number of hydrogen-bond acceptors (Lipinski definition) is 4. The molecule has 0 saturated carbocycles. The number of fused-ring (bicyclic) bond motifs is 1. The molecule has 5 heteroatoms. The summed E-state index contributed by atoms with van der Waals surface area (Å²) in [6, 6.07) is 0. The lowest BCUT2D eigenvalue weighted by Crippen LogP contribution is -2.17. The second kappa shape index (κ2) is 5.76. The highest BCUT2D eigenvalue weighted by atomic mass is 35.5. The van der Waals surface area contributed by atoms with Gasteiger partial charge in [0.05, 0.1) is 18.9 Å². The maximum atomic E-state index is 6.16. The first-order chi connectivity index (χ1) is 8.26. The van der Waals surface area contributed by atoms with Crippen molar-refractivity contribution < 1.29 is 9.47 Å². The van der Waals surface area contributed by atoms with Crippen molar-refractivity contribution >= 4 is 11.6 Å². The molecule has 0 aliphatic carbocycles. The molecule has 1 aliphatic rings. The molecule has 0 aromatic carbocycles. The first-order valence-electron chi connectivity index (χ1n) is 6.00. The fourth-order valence-corrected chi connectivity index (χ4v) is 2.18. The van der Waals surface area contributed by atoms with Gasteiger partial charge >= 0.3 is 0 Å². The third-order valence-corrected chi connectivity index (χ3v) is 3.13. The van der Waals surface area contributed by atoms with Crippen LogP contribution in [0, 0.1) is 0 Å². The van der Waals surface area contributed by atoms with Crippen LogP contribution in [0.25, 0.3) is 0 Å². The Labute approximate surface area is 106 Å². The van der Waals surface area contributed by atoms with E-state index in [0.29, 0.717) is 30.8 Å². The van der Waals surface area contributed by atoms with Crippen LogP contribution in [0.4, 0.5) is 0 Å². The molecule has 0 fully saturated rings. The number of nitrogens with zero attached hydrogens (tertiary/aromatic N) is 2. The summed E-state index contributed by atoms with van der Waals surface area (Å²) in [5.41, 5.74) is 1.93. The standard InChI is InChI=1S/C12H17ClN2O2/c1-3-10(17-4-2)12-14-9-5-6-16-7-8(9)11(13)15-12/h10H,3-7H2,1-2H3. The van der Waals surface area contributed by atoms with Gasteiger partial charge in [-0.3, -0.25) is 0 Å². The zero-order chi connectivity index (χ0) is 12.3. The predicted octanol–water partition coefficient (Wildman–Crippen LogP) is 2.69. The number of halogens is 1. The van der Waals surface area contributed by atoms with E-state index in [9.17, 15) is 0 Å². The van der Waals surface area contributed by atoms with Crippen LogP contribution in [0.3, 0.4) is 0 Å². The largest absolute Gasteiger partial charge is 0.376 e. The van der Waals surface area contributed by atoms with E-state index in [-0.39, 0.29) is 6.10 Å². The van der Waals surface area contributed by atoms with Crippen molar-refractivity contribution in [2.45, 2.75) is 39.4 Å². The van der Waals surface area contributed by atoms with Crippen LogP contribution in [0.15, 0.2) is 0 Å². The second-order valence-electron chi connectivity index (χ2n) is 3.95. The fourth-order valence-electron chi connectivity index (χ4n) is 1.93. The van der Waals surface area contributed by atoms with Gasteiger partial charge in [0.1, 0.15) is 11.3 Å². The molecular formula is C12H17ClN2O2. The normalized spacial score (nSPS) is 16.6. The van der Waals surface area contributed by atoms with Crippen molar-refractivity contribution in [3.8, 4) is 0 Å². The SMILES string of the molecule is CCOC(CC)c1nc(Cl)c2c(n1)CCOC2. The van der Waals surface area contributed by atoms with Crippen LogP contribution in [0.5, 0.6) is 0 Å². The fraction of sp³-hybridized carbons (Fsp3) is 0.667. The highest BCUT2D eigenvalue weighted by Gasteiger charge is 2.20. The lowest BCUT2D eigenvalue weighted by molar-refractivity contribution is 0.0524. The van der Waals surface area contributed by atoms with Gasteiger partial charge in [-0.15, -0.1) is 0 Å². The average Bonchev–Trinajstić information content (AvgIpc) is 2.36. The molecular weight excluding hydrogens is 240 g/mol. The highest BCUT2D eigenvalue weighted by molar-refractivity contribution is 6.30. The third kappa shape index (κ3) is 2.76. The first kappa shape index (κ1) is 12.7. The second-order valence-corrected chi connectivity index (χ2v) is 4.31.